The molecular formula is C33H23N5OPt. The Labute approximate surface area is 244 Å². The first kappa shape index (κ1) is 24.7. The fourth-order valence-electron chi connectivity index (χ4n) is 5.79. The maximum absolute atomic E-state index is 6.37. The minimum atomic E-state index is -0.0195. The number of aromatic nitrogens is 5. The van der Waals surface area contributed by atoms with Gasteiger partial charge < -0.3 is 13.5 Å². The van der Waals surface area contributed by atoms with Crippen molar-refractivity contribution in [3.63, 3.8) is 0 Å². The van der Waals surface area contributed by atoms with Gasteiger partial charge in [-0.2, -0.15) is 0 Å². The van der Waals surface area contributed by atoms with Gasteiger partial charge in [0, 0.05) is 54.2 Å². The smallest absolute Gasteiger partial charge is 0.497 e. The first-order valence-corrected chi connectivity index (χ1v) is 12.9. The van der Waals surface area contributed by atoms with E-state index >= 15 is 0 Å². The van der Waals surface area contributed by atoms with Gasteiger partial charge >= 0.3 is 21.1 Å². The van der Waals surface area contributed by atoms with Crippen LogP contribution < -0.4 is 4.74 Å². The van der Waals surface area contributed by atoms with Crippen molar-refractivity contribution in [3.8, 4) is 11.5 Å². The third kappa shape index (κ3) is 3.56. The average molecular weight is 701 g/mol. The van der Waals surface area contributed by atoms with Crippen LogP contribution in [0.4, 0.5) is 0 Å². The Hall–Kier alpha value is -4.28. The molecule has 0 aliphatic rings. The van der Waals surface area contributed by atoms with Crippen LogP contribution in [0.3, 0.4) is 0 Å². The fourth-order valence-corrected chi connectivity index (χ4v) is 5.79. The Kier molecular flexibility index (Phi) is 5.48. The van der Waals surface area contributed by atoms with E-state index in [-0.39, 0.29) is 26.5 Å². The molecule has 0 aliphatic carbocycles. The molecule has 0 atom stereocenters. The van der Waals surface area contributed by atoms with Crippen molar-refractivity contribution in [2.24, 2.45) is 0 Å². The molecule has 196 valence electrons. The van der Waals surface area contributed by atoms with E-state index in [0.717, 1.165) is 49.3 Å². The molecule has 0 N–H and O–H groups in total. The Bertz CT molecular complexity index is 2260. The van der Waals surface area contributed by atoms with E-state index in [2.05, 4.69) is 82.6 Å². The number of rotatable bonds is 2. The third-order valence-corrected chi connectivity index (χ3v) is 7.52. The number of hydrogen-bond acceptors (Lipinski definition) is 4. The predicted molar refractivity (Wildman–Crippen MR) is 155 cm³/mol. The maximum atomic E-state index is 6.37. The van der Waals surface area contributed by atoms with Crippen LogP contribution in [0.15, 0.2) is 85.7 Å². The molecule has 7 heteroatoms. The van der Waals surface area contributed by atoms with Crippen molar-refractivity contribution in [2.45, 2.75) is 26.2 Å². The first-order valence-electron chi connectivity index (χ1n) is 12.9. The van der Waals surface area contributed by atoms with E-state index in [1.54, 1.807) is 6.20 Å². The van der Waals surface area contributed by atoms with Crippen LogP contribution in [0.2, 0.25) is 0 Å². The Balaban J connectivity index is 0.00000264. The van der Waals surface area contributed by atoms with Gasteiger partial charge in [-0.15, -0.1) is 12.1 Å². The summed E-state index contributed by atoms with van der Waals surface area (Å²) >= 11 is 0. The van der Waals surface area contributed by atoms with E-state index in [1.807, 2.05) is 53.6 Å². The minimum Gasteiger partial charge on any atom is -0.497 e. The van der Waals surface area contributed by atoms with Crippen LogP contribution in [0.1, 0.15) is 26.3 Å². The van der Waals surface area contributed by atoms with E-state index in [4.69, 9.17) is 4.74 Å². The van der Waals surface area contributed by atoms with Gasteiger partial charge in [-0.1, -0.05) is 78.7 Å². The van der Waals surface area contributed by atoms with Gasteiger partial charge in [0.15, 0.2) is 0 Å². The second-order valence-corrected chi connectivity index (χ2v) is 10.9. The number of imidazole rings is 2. The SMILES string of the molecule is CC(C)(C)c1cccc2c1c1ccc(Oc3[c-]c4c(cc3)c3ccncc3n3ccnc43)[c-]c1c1nccn21.[Pt+2]. The van der Waals surface area contributed by atoms with Crippen LogP contribution in [0.25, 0.3) is 54.6 Å². The summed E-state index contributed by atoms with van der Waals surface area (Å²) in [6.07, 6.45) is 11.3. The number of ether oxygens (including phenoxy) is 1. The molecular weight excluding hydrogens is 677 g/mol. The quantitative estimate of drug-likeness (QED) is 0.137. The summed E-state index contributed by atoms with van der Waals surface area (Å²) in [7, 11) is 0. The zero-order valence-corrected chi connectivity index (χ0v) is 24.3. The summed E-state index contributed by atoms with van der Waals surface area (Å²) in [6.45, 7) is 6.75. The molecule has 3 aromatic carbocycles. The Morgan fingerprint density at radius 3 is 2.05 bits per heavy atom. The predicted octanol–water partition coefficient (Wildman–Crippen LogP) is 7.68. The summed E-state index contributed by atoms with van der Waals surface area (Å²) in [5.41, 5.74) is 5.09. The topological polar surface area (TPSA) is 56.7 Å². The summed E-state index contributed by atoms with van der Waals surface area (Å²) in [5.74, 6) is 1.21. The standard InChI is InChI=1S/C33H23N5O.Pt/c1-33(2,3)27-5-4-6-28-30(27)24-10-8-21(18-26(24)32-36-13-15-37(28)32)39-20-7-9-22-23-11-12-34-19-29(23)38-16-14-35-31(38)25(22)17-20;/h4-16,19H,1-3H3;/q-2;+2. The first-order chi connectivity index (χ1) is 19.0. The summed E-state index contributed by atoms with van der Waals surface area (Å²) in [4.78, 5) is 13.6. The Morgan fingerprint density at radius 2 is 1.35 bits per heavy atom. The van der Waals surface area contributed by atoms with Crippen LogP contribution in [0, 0.1) is 12.1 Å². The molecule has 8 rings (SSSR count). The van der Waals surface area contributed by atoms with Gasteiger partial charge in [-0.25, -0.2) is 0 Å². The van der Waals surface area contributed by atoms with E-state index in [1.165, 1.54) is 10.9 Å². The van der Waals surface area contributed by atoms with Crippen molar-refractivity contribution in [1.29, 1.82) is 0 Å². The molecule has 0 saturated carbocycles. The van der Waals surface area contributed by atoms with E-state index in [0.29, 0.717) is 11.5 Å². The minimum absolute atomic E-state index is 0. The zero-order valence-electron chi connectivity index (χ0n) is 22.0. The van der Waals surface area contributed by atoms with Gasteiger partial charge in [-0.05, 0) is 33.9 Å². The van der Waals surface area contributed by atoms with Gasteiger partial charge in [0.05, 0.1) is 16.8 Å². The van der Waals surface area contributed by atoms with Crippen molar-refractivity contribution in [1.82, 2.24) is 23.8 Å². The molecule has 5 heterocycles. The molecule has 0 unspecified atom stereocenters. The molecule has 40 heavy (non-hydrogen) atoms. The number of benzene rings is 3. The van der Waals surface area contributed by atoms with Crippen molar-refractivity contribution in [3.05, 3.63) is 103 Å². The molecule has 0 saturated heterocycles. The maximum Gasteiger partial charge on any atom is 2.00 e. The second-order valence-electron chi connectivity index (χ2n) is 10.9. The number of pyridine rings is 3. The molecule has 0 radical (unpaired) electrons. The van der Waals surface area contributed by atoms with Crippen molar-refractivity contribution < 1.29 is 25.8 Å². The third-order valence-electron chi connectivity index (χ3n) is 7.52. The van der Waals surface area contributed by atoms with Crippen LogP contribution >= 0.6 is 0 Å². The number of hydrogen-bond donors (Lipinski definition) is 0. The molecule has 0 spiro atoms. The molecule has 0 bridgehead atoms. The molecule has 0 amide bonds. The summed E-state index contributed by atoms with van der Waals surface area (Å²) in [6, 6.07) is 23.6. The number of fused-ring (bicyclic) bond motifs is 12. The van der Waals surface area contributed by atoms with Crippen LogP contribution in [0.5, 0.6) is 11.5 Å². The molecule has 8 aromatic rings. The molecule has 0 fully saturated rings. The Morgan fingerprint density at radius 1 is 0.700 bits per heavy atom. The fraction of sp³-hybridized carbons (Fsp3) is 0.121. The van der Waals surface area contributed by atoms with Gasteiger partial charge in [0.2, 0.25) is 0 Å². The van der Waals surface area contributed by atoms with Crippen LogP contribution in [-0.4, -0.2) is 23.8 Å². The molecule has 5 aromatic heterocycles. The number of nitrogens with zero attached hydrogens (tertiary/aromatic N) is 5. The van der Waals surface area contributed by atoms with Gasteiger partial charge in [-0.3, -0.25) is 15.0 Å². The van der Waals surface area contributed by atoms with E-state index < -0.39 is 0 Å². The normalized spacial score (nSPS) is 12.2. The van der Waals surface area contributed by atoms with Gasteiger partial charge in [0.1, 0.15) is 0 Å². The average Bonchev–Trinajstić information content (AvgIpc) is 3.63. The second kappa shape index (κ2) is 8.87. The monoisotopic (exact) mass is 700 g/mol. The van der Waals surface area contributed by atoms with Gasteiger partial charge in [0.25, 0.3) is 0 Å². The zero-order chi connectivity index (χ0) is 26.3. The van der Waals surface area contributed by atoms with Crippen molar-refractivity contribution >= 4 is 54.6 Å². The molecule has 6 nitrogen and oxygen atoms in total. The molecule has 0 aliphatic heterocycles. The van der Waals surface area contributed by atoms with E-state index in [9.17, 15) is 0 Å². The summed E-state index contributed by atoms with van der Waals surface area (Å²) in [5, 5.41) is 6.30. The van der Waals surface area contributed by atoms with Crippen LogP contribution in [-0.2, 0) is 26.5 Å². The van der Waals surface area contributed by atoms with Crippen molar-refractivity contribution in [2.75, 3.05) is 0 Å². The summed E-state index contributed by atoms with van der Waals surface area (Å²) < 4.78 is 10.6. The largest absolute Gasteiger partial charge is 2.00 e.